The van der Waals surface area contributed by atoms with Crippen molar-refractivity contribution in [1.82, 2.24) is 15.2 Å². The average molecular weight is 378 g/mol. The number of urea groups is 1. The molecule has 0 aliphatic rings. The fraction of sp³-hybridized carbons (Fsp3) is 0.474. The molecule has 2 amide bonds. The number of hydrogen-bond donors (Lipinski definition) is 1. The van der Waals surface area contributed by atoms with Crippen LogP contribution in [0.1, 0.15) is 37.9 Å². The molecule has 0 saturated carbocycles. The SMILES string of the molecule is CCNC(=O)N(Cc1csc(COc2ccccc2OC)n1)[C@@H](C)CC. The summed E-state index contributed by atoms with van der Waals surface area (Å²) in [6.45, 7) is 7.52. The number of nitrogens with zero attached hydrogens (tertiary/aromatic N) is 2. The summed E-state index contributed by atoms with van der Waals surface area (Å²) in [5.41, 5.74) is 0.875. The third-order valence-corrected chi connectivity index (χ3v) is 4.93. The minimum Gasteiger partial charge on any atom is -0.493 e. The van der Waals surface area contributed by atoms with Gasteiger partial charge in [0.2, 0.25) is 0 Å². The lowest BCUT2D eigenvalue weighted by atomic mass is 10.2. The number of hydrogen-bond acceptors (Lipinski definition) is 5. The Balaban J connectivity index is 2.00. The Kier molecular flexibility index (Phi) is 7.72. The van der Waals surface area contributed by atoms with E-state index in [-0.39, 0.29) is 12.1 Å². The predicted octanol–water partition coefficient (Wildman–Crippen LogP) is 4.06. The molecule has 0 aliphatic heterocycles. The fourth-order valence-electron chi connectivity index (χ4n) is 2.44. The molecule has 1 heterocycles. The van der Waals surface area contributed by atoms with Crippen molar-refractivity contribution in [2.24, 2.45) is 0 Å². The second-order valence-electron chi connectivity index (χ2n) is 5.89. The van der Waals surface area contributed by atoms with E-state index in [0.29, 0.717) is 31.2 Å². The number of nitrogens with one attached hydrogen (secondary N) is 1. The number of aromatic nitrogens is 1. The summed E-state index contributed by atoms with van der Waals surface area (Å²) in [6.07, 6.45) is 0.894. The first-order valence-corrected chi connectivity index (χ1v) is 9.70. The van der Waals surface area contributed by atoms with Crippen molar-refractivity contribution in [3.63, 3.8) is 0 Å². The lowest BCUT2D eigenvalue weighted by molar-refractivity contribution is 0.173. The molecule has 1 N–H and O–H groups in total. The molecule has 2 rings (SSSR count). The molecule has 6 nitrogen and oxygen atoms in total. The molecular weight excluding hydrogens is 350 g/mol. The Morgan fingerprint density at radius 1 is 1.31 bits per heavy atom. The van der Waals surface area contributed by atoms with Crippen LogP contribution in [0.25, 0.3) is 0 Å². The monoisotopic (exact) mass is 377 g/mol. The lowest BCUT2D eigenvalue weighted by Crippen LogP contribution is -2.44. The number of ether oxygens (including phenoxy) is 2. The van der Waals surface area contributed by atoms with Gasteiger partial charge in [-0.3, -0.25) is 0 Å². The Bertz CT molecular complexity index is 705. The van der Waals surface area contributed by atoms with Gasteiger partial charge in [-0.2, -0.15) is 0 Å². The summed E-state index contributed by atoms with van der Waals surface area (Å²) < 4.78 is 11.1. The molecule has 2 aromatic rings. The Morgan fingerprint density at radius 2 is 2.04 bits per heavy atom. The van der Waals surface area contributed by atoms with Crippen molar-refractivity contribution in [3.05, 3.63) is 40.3 Å². The van der Waals surface area contributed by atoms with E-state index in [1.807, 2.05) is 48.4 Å². The molecule has 0 aliphatic carbocycles. The first kappa shape index (κ1) is 20.0. The molecule has 26 heavy (non-hydrogen) atoms. The molecule has 0 spiro atoms. The number of methoxy groups -OCH3 is 1. The molecule has 142 valence electrons. The highest BCUT2D eigenvalue weighted by molar-refractivity contribution is 7.09. The Hall–Kier alpha value is -2.28. The van der Waals surface area contributed by atoms with Crippen LogP contribution in [0.15, 0.2) is 29.6 Å². The van der Waals surface area contributed by atoms with E-state index in [0.717, 1.165) is 17.1 Å². The third kappa shape index (κ3) is 5.36. The van der Waals surface area contributed by atoms with Gasteiger partial charge in [-0.15, -0.1) is 11.3 Å². The molecule has 1 atom stereocenters. The summed E-state index contributed by atoms with van der Waals surface area (Å²) in [7, 11) is 1.62. The second-order valence-corrected chi connectivity index (χ2v) is 6.84. The van der Waals surface area contributed by atoms with Crippen LogP contribution in [0.2, 0.25) is 0 Å². The number of para-hydroxylation sites is 2. The van der Waals surface area contributed by atoms with Gasteiger partial charge in [0.25, 0.3) is 0 Å². The number of benzene rings is 1. The number of carbonyl (C=O) groups is 1. The largest absolute Gasteiger partial charge is 0.493 e. The Labute approximate surface area is 159 Å². The number of carbonyl (C=O) groups excluding carboxylic acids is 1. The maximum absolute atomic E-state index is 12.3. The van der Waals surface area contributed by atoms with Crippen molar-refractivity contribution in [2.45, 2.75) is 46.4 Å². The van der Waals surface area contributed by atoms with Crippen LogP contribution in [0, 0.1) is 0 Å². The number of amides is 2. The minimum atomic E-state index is -0.0540. The van der Waals surface area contributed by atoms with Crippen molar-refractivity contribution >= 4 is 17.4 Å². The molecule has 7 heteroatoms. The van der Waals surface area contributed by atoms with Crippen molar-refractivity contribution in [3.8, 4) is 11.5 Å². The smallest absolute Gasteiger partial charge is 0.317 e. The molecular formula is C19H27N3O3S. The van der Waals surface area contributed by atoms with E-state index in [1.165, 1.54) is 11.3 Å². The zero-order valence-electron chi connectivity index (χ0n) is 15.8. The van der Waals surface area contributed by atoms with Gasteiger partial charge in [0.1, 0.15) is 11.6 Å². The highest BCUT2D eigenvalue weighted by Gasteiger charge is 2.20. The molecule has 1 aromatic carbocycles. The first-order chi connectivity index (χ1) is 12.6. The van der Waals surface area contributed by atoms with Crippen LogP contribution in [-0.4, -0.2) is 35.6 Å². The summed E-state index contributed by atoms with van der Waals surface area (Å²) in [6, 6.07) is 7.63. The molecule has 0 bridgehead atoms. The van der Waals surface area contributed by atoms with Gasteiger partial charge >= 0.3 is 6.03 Å². The predicted molar refractivity (Wildman–Crippen MR) is 104 cm³/mol. The minimum absolute atomic E-state index is 0.0540. The Morgan fingerprint density at radius 3 is 2.69 bits per heavy atom. The van der Waals surface area contributed by atoms with E-state index >= 15 is 0 Å². The number of thiazole rings is 1. The fourth-order valence-corrected chi connectivity index (χ4v) is 3.14. The van der Waals surface area contributed by atoms with Gasteiger partial charge in [-0.05, 0) is 32.4 Å². The third-order valence-electron chi connectivity index (χ3n) is 4.06. The van der Waals surface area contributed by atoms with Crippen LogP contribution < -0.4 is 14.8 Å². The molecule has 0 unspecified atom stereocenters. The van der Waals surface area contributed by atoms with E-state index in [1.54, 1.807) is 7.11 Å². The normalized spacial score (nSPS) is 11.7. The molecule has 1 aromatic heterocycles. The number of rotatable bonds is 9. The quantitative estimate of drug-likeness (QED) is 0.716. The summed E-state index contributed by atoms with van der Waals surface area (Å²) >= 11 is 1.53. The zero-order chi connectivity index (χ0) is 18.9. The maximum atomic E-state index is 12.3. The van der Waals surface area contributed by atoms with Crippen molar-refractivity contribution in [1.29, 1.82) is 0 Å². The van der Waals surface area contributed by atoms with Crippen molar-refractivity contribution < 1.29 is 14.3 Å². The summed E-state index contributed by atoms with van der Waals surface area (Å²) in [4.78, 5) is 18.7. The van der Waals surface area contributed by atoms with Gasteiger partial charge in [0.15, 0.2) is 11.5 Å². The van der Waals surface area contributed by atoms with Crippen LogP contribution in [-0.2, 0) is 13.2 Å². The average Bonchev–Trinajstić information content (AvgIpc) is 3.11. The van der Waals surface area contributed by atoms with E-state index in [2.05, 4.69) is 17.2 Å². The summed E-state index contributed by atoms with van der Waals surface area (Å²) in [5, 5.41) is 5.72. The van der Waals surface area contributed by atoms with Gasteiger partial charge in [0.05, 0.1) is 19.3 Å². The molecule has 0 saturated heterocycles. The second kappa shape index (κ2) is 10.0. The van der Waals surface area contributed by atoms with Crippen LogP contribution >= 0.6 is 11.3 Å². The van der Waals surface area contributed by atoms with Gasteiger partial charge < -0.3 is 19.7 Å². The van der Waals surface area contributed by atoms with Crippen LogP contribution in [0.4, 0.5) is 4.79 Å². The highest BCUT2D eigenvalue weighted by Crippen LogP contribution is 2.27. The standard InChI is InChI=1S/C19H27N3O3S/c1-5-14(3)22(19(23)20-6-2)11-15-13-26-18(21-15)12-25-17-10-8-7-9-16(17)24-4/h7-10,13-14H,5-6,11-12H2,1-4H3,(H,20,23)/t14-/m0/s1. The van der Waals surface area contributed by atoms with Crippen LogP contribution in [0.5, 0.6) is 11.5 Å². The van der Waals surface area contributed by atoms with E-state index in [9.17, 15) is 4.79 Å². The molecule has 0 radical (unpaired) electrons. The topological polar surface area (TPSA) is 63.7 Å². The zero-order valence-corrected chi connectivity index (χ0v) is 16.6. The van der Waals surface area contributed by atoms with Gasteiger partial charge in [0, 0.05) is 18.0 Å². The van der Waals surface area contributed by atoms with Gasteiger partial charge in [-0.25, -0.2) is 9.78 Å². The van der Waals surface area contributed by atoms with Crippen LogP contribution in [0.3, 0.4) is 0 Å². The van der Waals surface area contributed by atoms with Crippen molar-refractivity contribution in [2.75, 3.05) is 13.7 Å². The maximum Gasteiger partial charge on any atom is 0.317 e. The highest BCUT2D eigenvalue weighted by atomic mass is 32.1. The first-order valence-electron chi connectivity index (χ1n) is 8.82. The van der Waals surface area contributed by atoms with E-state index < -0.39 is 0 Å². The van der Waals surface area contributed by atoms with E-state index in [4.69, 9.17) is 9.47 Å². The molecule has 0 fully saturated rings. The lowest BCUT2D eigenvalue weighted by Gasteiger charge is -2.27. The summed E-state index contributed by atoms with van der Waals surface area (Å²) in [5.74, 6) is 1.39. The van der Waals surface area contributed by atoms with Gasteiger partial charge in [-0.1, -0.05) is 19.1 Å².